The number of halogens is 2. The monoisotopic (exact) mass is 396 g/mol. The second kappa shape index (κ2) is 7.93. The van der Waals surface area contributed by atoms with Crippen LogP contribution in [-0.2, 0) is 11.3 Å². The number of benzene rings is 2. The Balaban J connectivity index is 2.14. The first-order valence-electron chi connectivity index (χ1n) is 7.73. The Bertz CT molecular complexity index is 822. The molecule has 0 saturated carbocycles. The van der Waals surface area contributed by atoms with Gasteiger partial charge in [0.1, 0.15) is 5.75 Å². The molecule has 0 aliphatic carbocycles. The fourth-order valence-electron chi connectivity index (χ4n) is 2.42. The molecule has 26 heavy (non-hydrogen) atoms. The van der Waals surface area contributed by atoms with E-state index < -0.39 is 10.5 Å². The van der Waals surface area contributed by atoms with Gasteiger partial charge in [0, 0.05) is 35.8 Å². The maximum atomic E-state index is 12.8. The number of rotatable bonds is 6. The zero-order valence-corrected chi connectivity index (χ0v) is 16.0. The Morgan fingerprint density at radius 3 is 2.38 bits per heavy atom. The van der Waals surface area contributed by atoms with Crippen LogP contribution < -0.4 is 4.74 Å². The second-order valence-electron chi connectivity index (χ2n) is 6.26. The maximum Gasteiger partial charge on any atom is 0.269 e. The Morgan fingerprint density at radius 1 is 1.19 bits per heavy atom. The summed E-state index contributed by atoms with van der Waals surface area (Å²) in [7, 11) is 1.59. The predicted molar refractivity (Wildman–Crippen MR) is 101 cm³/mol. The average Bonchev–Trinajstić information content (AvgIpc) is 2.57. The van der Waals surface area contributed by atoms with Crippen LogP contribution in [0.4, 0.5) is 5.69 Å². The van der Waals surface area contributed by atoms with Crippen LogP contribution in [0.3, 0.4) is 0 Å². The fraction of sp³-hybridized carbons (Fsp3) is 0.278. The second-order valence-corrected chi connectivity index (χ2v) is 7.10. The standard InChI is InChI=1S/C18H18Cl2N2O4/c1-18(2,26-15-7-4-13(19)5-8-15)17(23)21(3)11-12-10-14(22(24)25)6-9-16(12)20/h4-10H,11H2,1-3H3. The van der Waals surface area contributed by atoms with Gasteiger partial charge in [-0.3, -0.25) is 14.9 Å². The van der Waals surface area contributed by atoms with Crippen LogP contribution in [0, 0.1) is 10.1 Å². The summed E-state index contributed by atoms with van der Waals surface area (Å²) in [4.78, 5) is 24.6. The molecule has 0 fully saturated rings. The molecule has 138 valence electrons. The molecule has 0 unspecified atom stereocenters. The van der Waals surface area contributed by atoms with E-state index in [0.717, 1.165) is 0 Å². The number of nitrogens with zero attached hydrogens (tertiary/aromatic N) is 2. The van der Waals surface area contributed by atoms with Crippen LogP contribution >= 0.6 is 23.2 Å². The van der Waals surface area contributed by atoms with Gasteiger partial charge in [0.2, 0.25) is 0 Å². The van der Waals surface area contributed by atoms with Gasteiger partial charge >= 0.3 is 0 Å². The largest absolute Gasteiger partial charge is 0.478 e. The van der Waals surface area contributed by atoms with Crippen LogP contribution in [0.15, 0.2) is 42.5 Å². The minimum atomic E-state index is -1.14. The highest BCUT2D eigenvalue weighted by Crippen LogP contribution is 2.26. The lowest BCUT2D eigenvalue weighted by Gasteiger charge is -2.30. The van der Waals surface area contributed by atoms with E-state index in [2.05, 4.69) is 0 Å². The highest BCUT2D eigenvalue weighted by molar-refractivity contribution is 6.31. The molecule has 2 rings (SSSR count). The van der Waals surface area contributed by atoms with Gasteiger partial charge in [-0.2, -0.15) is 0 Å². The van der Waals surface area contributed by atoms with E-state index in [-0.39, 0.29) is 18.1 Å². The van der Waals surface area contributed by atoms with Crippen molar-refractivity contribution in [2.24, 2.45) is 0 Å². The van der Waals surface area contributed by atoms with E-state index in [1.807, 2.05) is 0 Å². The molecule has 0 heterocycles. The maximum absolute atomic E-state index is 12.8. The first-order chi connectivity index (χ1) is 12.1. The molecule has 0 saturated heterocycles. The van der Waals surface area contributed by atoms with Crippen molar-refractivity contribution in [3.8, 4) is 5.75 Å². The van der Waals surface area contributed by atoms with Crippen molar-refractivity contribution in [2.45, 2.75) is 26.0 Å². The Hall–Kier alpha value is -2.31. The average molecular weight is 397 g/mol. The topological polar surface area (TPSA) is 72.7 Å². The lowest BCUT2D eigenvalue weighted by atomic mass is 10.1. The third-order valence-corrected chi connectivity index (χ3v) is 4.32. The van der Waals surface area contributed by atoms with E-state index in [1.54, 1.807) is 45.2 Å². The number of carbonyl (C=O) groups excluding carboxylic acids is 1. The smallest absolute Gasteiger partial charge is 0.269 e. The summed E-state index contributed by atoms with van der Waals surface area (Å²) in [6, 6.07) is 10.8. The van der Waals surface area contributed by atoms with E-state index in [0.29, 0.717) is 21.4 Å². The van der Waals surface area contributed by atoms with Crippen LogP contribution in [0.25, 0.3) is 0 Å². The Morgan fingerprint density at radius 2 is 1.81 bits per heavy atom. The summed E-state index contributed by atoms with van der Waals surface area (Å²) < 4.78 is 5.78. The van der Waals surface area contributed by atoms with Crippen molar-refractivity contribution >= 4 is 34.8 Å². The zero-order valence-electron chi connectivity index (χ0n) is 14.5. The van der Waals surface area contributed by atoms with Gasteiger partial charge in [0.25, 0.3) is 11.6 Å². The van der Waals surface area contributed by atoms with Crippen molar-refractivity contribution < 1.29 is 14.5 Å². The number of hydrogen-bond acceptors (Lipinski definition) is 4. The van der Waals surface area contributed by atoms with Gasteiger partial charge in [-0.05, 0) is 49.7 Å². The van der Waals surface area contributed by atoms with Gasteiger partial charge in [-0.1, -0.05) is 23.2 Å². The molecule has 8 heteroatoms. The zero-order chi connectivity index (χ0) is 19.5. The molecule has 0 bridgehead atoms. The van der Waals surface area contributed by atoms with Crippen molar-refractivity contribution in [1.29, 1.82) is 0 Å². The third kappa shape index (κ3) is 4.86. The number of hydrogen-bond donors (Lipinski definition) is 0. The minimum Gasteiger partial charge on any atom is -0.478 e. The highest BCUT2D eigenvalue weighted by Gasteiger charge is 2.33. The van der Waals surface area contributed by atoms with E-state index in [1.165, 1.54) is 23.1 Å². The molecule has 2 aromatic carbocycles. The quantitative estimate of drug-likeness (QED) is 0.522. The number of ether oxygens (including phenoxy) is 1. The lowest BCUT2D eigenvalue weighted by Crippen LogP contribution is -2.47. The molecule has 0 radical (unpaired) electrons. The van der Waals surface area contributed by atoms with Gasteiger partial charge < -0.3 is 9.64 Å². The van der Waals surface area contributed by atoms with Crippen LogP contribution in [0.2, 0.25) is 10.0 Å². The van der Waals surface area contributed by atoms with Crippen LogP contribution in [0.5, 0.6) is 5.75 Å². The molecular weight excluding hydrogens is 379 g/mol. The first kappa shape index (κ1) is 20.0. The van der Waals surface area contributed by atoms with Gasteiger partial charge in [0.05, 0.1) is 4.92 Å². The van der Waals surface area contributed by atoms with Gasteiger partial charge in [0.15, 0.2) is 5.60 Å². The SMILES string of the molecule is CN(Cc1cc([N+](=O)[O-])ccc1Cl)C(=O)C(C)(C)Oc1ccc(Cl)cc1. The third-order valence-electron chi connectivity index (χ3n) is 3.70. The summed E-state index contributed by atoms with van der Waals surface area (Å²) in [5.41, 5.74) is -0.739. The van der Waals surface area contributed by atoms with Crippen molar-refractivity contribution in [3.05, 3.63) is 68.2 Å². The number of nitro benzene ring substituents is 1. The molecule has 6 nitrogen and oxygen atoms in total. The van der Waals surface area contributed by atoms with Crippen molar-refractivity contribution in [3.63, 3.8) is 0 Å². The summed E-state index contributed by atoms with van der Waals surface area (Å²) >= 11 is 11.9. The molecule has 0 aromatic heterocycles. The number of amides is 1. The normalized spacial score (nSPS) is 11.1. The molecule has 0 spiro atoms. The molecule has 2 aromatic rings. The number of likely N-dealkylation sites (N-methyl/N-ethyl adjacent to an activating group) is 1. The van der Waals surface area contributed by atoms with Gasteiger partial charge in [-0.15, -0.1) is 0 Å². The Labute approximate surface area is 161 Å². The minimum absolute atomic E-state index is 0.0816. The van der Waals surface area contributed by atoms with Crippen LogP contribution in [0.1, 0.15) is 19.4 Å². The van der Waals surface area contributed by atoms with E-state index in [9.17, 15) is 14.9 Å². The van der Waals surface area contributed by atoms with E-state index >= 15 is 0 Å². The summed E-state index contributed by atoms with van der Waals surface area (Å²) in [5.74, 6) is 0.213. The number of non-ortho nitro benzene ring substituents is 1. The van der Waals surface area contributed by atoms with Crippen molar-refractivity contribution in [1.82, 2.24) is 4.90 Å². The van der Waals surface area contributed by atoms with Crippen LogP contribution in [-0.4, -0.2) is 28.4 Å². The van der Waals surface area contributed by atoms with Gasteiger partial charge in [-0.25, -0.2) is 0 Å². The molecule has 1 amide bonds. The van der Waals surface area contributed by atoms with E-state index in [4.69, 9.17) is 27.9 Å². The lowest BCUT2D eigenvalue weighted by molar-refractivity contribution is -0.384. The predicted octanol–water partition coefficient (Wildman–Crippen LogP) is 4.72. The summed E-state index contributed by atoms with van der Waals surface area (Å²) in [6.07, 6.45) is 0. The van der Waals surface area contributed by atoms with Crippen molar-refractivity contribution in [2.75, 3.05) is 7.05 Å². The number of nitro groups is 1. The molecule has 0 aliphatic rings. The summed E-state index contributed by atoms with van der Waals surface area (Å²) in [6.45, 7) is 3.41. The molecular formula is C18H18Cl2N2O4. The number of carbonyl (C=O) groups is 1. The molecule has 0 aliphatic heterocycles. The first-order valence-corrected chi connectivity index (χ1v) is 8.49. The molecule has 0 atom stereocenters. The highest BCUT2D eigenvalue weighted by atomic mass is 35.5. The summed E-state index contributed by atoms with van der Waals surface area (Å²) in [5, 5.41) is 11.8. The molecule has 0 N–H and O–H groups in total. The fourth-order valence-corrected chi connectivity index (χ4v) is 2.73. The Kier molecular flexibility index (Phi) is 6.10.